The summed E-state index contributed by atoms with van der Waals surface area (Å²) in [5, 5.41) is 17.4. The Bertz CT molecular complexity index is 397. The lowest BCUT2D eigenvalue weighted by Crippen LogP contribution is -2.38. The molecule has 6 nitrogen and oxygen atoms in total. The molecule has 0 radical (unpaired) electrons. The van der Waals surface area contributed by atoms with Crippen molar-refractivity contribution >= 4 is 11.9 Å². The molecule has 0 saturated heterocycles. The van der Waals surface area contributed by atoms with Crippen molar-refractivity contribution in [3.05, 3.63) is 17.0 Å². The van der Waals surface area contributed by atoms with Crippen molar-refractivity contribution in [2.45, 2.75) is 26.8 Å². The normalized spacial score (nSPS) is 12.2. The first-order chi connectivity index (χ1) is 6.93. The highest BCUT2D eigenvalue weighted by Crippen LogP contribution is 2.07. The number of aliphatic carboxylic acids is 1. The van der Waals surface area contributed by atoms with Gasteiger partial charge in [-0.25, -0.2) is 0 Å². The van der Waals surface area contributed by atoms with E-state index in [4.69, 9.17) is 5.11 Å². The van der Waals surface area contributed by atoms with Crippen LogP contribution in [0, 0.1) is 13.8 Å². The summed E-state index contributed by atoms with van der Waals surface area (Å²) in [6.45, 7) is 4.94. The van der Waals surface area contributed by atoms with E-state index in [-0.39, 0.29) is 5.69 Å². The average molecular weight is 211 g/mol. The molecular weight excluding hydrogens is 198 g/mol. The lowest BCUT2D eigenvalue weighted by Gasteiger charge is -2.07. The quantitative estimate of drug-likeness (QED) is 0.666. The van der Waals surface area contributed by atoms with Gasteiger partial charge < -0.3 is 10.4 Å². The standard InChI is InChI=1S/C9H13N3O3/c1-4-5(2)11-12-7(4)8(13)10-6(3)9(14)15/h6H,1-3H3,(H,10,13)(H,11,12)(H,14,15)/t6-/m0/s1. The average Bonchev–Trinajstić information content (AvgIpc) is 2.47. The van der Waals surface area contributed by atoms with Crippen LogP contribution in [0.2, 0.25) is 0 Å². The van der Waals surface area contributed by atoms with E-state index in [1.54, 1.807) is 13.8 Å². The Morgan fingerprint density at radius 2 is 2.07 bits per heavy atom. The molecule has 0 fully saturated rings. The highest BCUT2D eigenvalue weighted by atomic mass is 16.4. The van der Waals surface area contributed by atoms with Crippen LogP contribution >= 0.6 is 0 Å². The third-order valence-corrected chi connectivity index (χ3v) is 2.19. The number of aromatic nitrogens is 2. The topological polar surface area (TPSA) is 95.1 Å². The van der Waals surface area contributed by atoms with Gasteiger partial charge in [0.2, 0.25) is 0 Å². The van der Waals surface area contributed by atoms with Crippen LogP contribution in [0.4, 0.5) is 0 Å². The van der Waals surface area contributed by atoms with Crippen molar-refractivity contribution in [2.75, 3.05) is 0 Å². The third kappa shape index (κ3) is 2.34. The second-order valence-corrected chi connectivity index (χ2v) is 3.36. The Labute approximate surface area is 86.7 Å². The van der Waals surface area contributed by atoms with E-state index in [1.807, 2.05) is 0 Å². The SMILES string of the molecule is Cc1[nH]nc(C(=O)N[C@@H](C)C(=O)O)c1C. The predicted molar refractivity (Wildman–Crippen MR) is 52.6 cm³/mol. The monoisotopic (exact) mass is 211 g/mol. The molecule has 0 spiro atoms. The molecule has 1 amide bonds. The Morgan fingerprint density at radius 1 is 1.47 bits per heavy atom. The van der Waals surface area contributed by atoms with Crippen LogP contribution in [0.15, 0.2) is 0 Å². The zero-order valence-electron chi connectivity index (χ0n) is 8.79. The number of hydrogen-bond donors (Lipinski definition) is 3. The minimum absolute atomic E-state index is 0.237. The molecule has 0 aliphatic heterocycles. The largest absolute Gasteiger partial charge is 0.480 e. The van der Waals surface area contributed by atoms with E-state index in [0.717, 1.165) is 11.3 Å². The van der Waals surface area contributed by atoms with Gasteiger partial charge in [-0.2, -0.15) is 5.10 Å². The minimum atomic E-state index is -1.08. The number of carboxylic acids is 1. The molecule has 1 aromatic rings. The fourth-order valence-corrected chi connectivity index (χ4v) is 1.03. The summed E-state index contributed by atoms with van der Waals surface area (Å²) in [7, 11) is 0. The number of amides is 1. The molecule has 82 valence electrons. The Kier molecular flexibility index (Phi) is 3.08. The minimum Gasteiger partial charge on any atom is -0.480 e. The number of nitrogens with one attached hydrogen (secondary N) is 2. The van der Waals surface area contributed by atoms with Crippen LogP contribution in [0.1, 0.15) is 28.7 Å². The number of carbonyl (C=O) groups excluding carboxylic acids is 1. The summed E-state index contributed by atoms with van der Waals surface area (Å²) in [5.41, 5.74) is 1.76. The number of nitrogens with zero attached hydrogens (tertiary/aromatic N) is 1. The fraction of sp³-hybridized carbons (Fsp3) is 0.444. The van der Waals surface area contributed by atoms with Gasteiger partial charge in [0.05, 0.1) is 0 Å². The smallest absolute Gasteiger partial charge is 0.325 e. The Morgan fingerprint density at radius 3 is 2.47 bits per heavy atom. The van der Waals surface area contributed by atoms with Crippen LogP contribution < -0.4 is 5.32 Å². The van der Waals surface area contributed by atoms with Crippen molar-refractivity contribution in [3.63, 3.8) is 0 Å². The second kappa shape index (κ2) is 4.12. The van der Waals surface area contributed by atoms with E-state index < -0.39 is 17.9 Å². The van der Waals surface area contributed by atoms with E-state index in [2.05, 4.69) is 15.5 Å². The number of carboxylic acid groups (broad SMARTS) is 1. The van der Waals surface area contributed by atoms with E-state index in [1.165, 1.54) is 6.92 Å². The van der Waals surface area contributed by atoms with Crippen LogP contribution in [-0.2, 0) is 4.79 Å². The lowest BCUT2D eigenvalue weighted by atomic mass is 10.2. The molecule has 1 atom stereocenters. The van der Waals surface area contributed by atoms with Gasteiger partial charge in [-0.1, -0.05) is 0 Å². The van der Waals surface area contributed by atoms with Gasteiger partial charge in [-0.05, 0) is 20.8 Å². The van der Waals surface area contributed by atoms with Gasteiger partial charge in [0, 0.05) is 11.3 Å². The summed E-state index contributed by atoms with van der Waals surface area (Å²) in [6, 6.07) is -0.922. The van der Waals surface area contributed by atoms with Crippen LogP contribution in [0.5, 0.6) is 0 Å². The number of carbonyl (C=O) groups is 2. The van der Waals surface area contributed by atoms with Gasteiger partial charge in [0.15, 0.2) is 5.69 Å². The Hall–Kier alpha value is -1.85. The van der Waals surface area contributed by atoms with Crippen LogP contribution in [0.3, 0.4) is 0 Å². The summed E-state index contributed by atoms with van der Waals surface area (Å²) in [4.78, 5) is 22.1. The summed E-state index contributed by atoms with van der Waals surface area (Å²) >= 11 is 0. The van der Waals surface area contributed by atoms with Gasteiger partial charge >= 0.3 is 5.97 Å². The van der Waals surface area contributed by atoms with Gasteiger partial charge in [-0.3, -0.25) is 14.7 Å². The Balaban J connectivity index is 2.78. The van der Waals surface area contributed by atoms with E-state index in [9.17, 15) is 9.59 Å². The second-order valence-electron chi connectivity index (χ2n) is 3.36. The third-order valence-electron chi connectivity index (χ3n) is 2.19. The summed E-state index contributed by atoms with van der Waals surface area (Å²) in [5.74, 6) is -1.56. The molecule has 3 N–H and O–H groups in total. The first-order valence-electron chi connectivity index (χ1n) is 4.48. The zero-order valence-corrected chi connectivity index (χ0v) is 8.79. The van der Waals surface area contributed by atoms with Crippen molar-refractivity contribution in [1.82, 2.24) is 15.5 Å². The molecular formula is C9H13N3O3. The highest BCUT2D eigenvalue weighted by molar-refractivity contribution is 5.96. The molecule has 0 aromatic carbocycles. The maximum atomic E-state index is 11.5. The van der Waals surface area contributed by atoms with Gasteiger partial charge in [-0.15, -0.1) is 0 Å². The molecule has 0 aliphatic rings. The number of aryl methyl sites for hydroxylation is 1. The maximum Gasteiger partial charge on any atom is 0.325 e. The molecule has 15 heavy (non-hydrogen) atoms. The predicted octanol–water partition coefficient (Wildman–Crippen LogP) is 0.229. The van der Waals surface area contributed by atoms with E-state index in [0.29, 0.717) is 0 Å². The first kappa shape index (κ1) is 11.2. The molecule has 0 aliphatic carbocycles. The van der Waals surface area contributed by atoms with Crippen molar-refractivity contribution < 1.29 is 14.7 Å². The molecule has 0 unspecified atom stereocenters. The first-order valence-corrected chi connectivity index (χ1v) is 4.48. The zero-order chi connectivity index (χ0) is 11.6. The molecule has 6 heteroatoms. The molecule has 0 saturated carbocycles. The number of aromatic amines is 1. The van der Waals surface area contributed by atoms with E-state index >= 15 is 0 Å². The summed E-state index contributed by atoms with van der Waals surface area (Å²) in [6.07, 6.45) is 0. The molecule has 1 rings (SSSR count). The van der Waals surface area contributed by atoms with Crippen molar-refractivity contribution in [3.8, 4) is 0 Å². The number of hydrogen-bond acceptors (Lipinski definition) is 3. The van der Waals surface area contributed by atoms with Crippen molar-refractivity contribution in [1.29, 1.82) is 0 Å². The lowest BCUT2D eigenvalue weighted by molar-refractivity contribution is -0.138. The van der Waals surface area contributed by atoms with Crippen LogP contribution in [0.25, 0.3) is 0 Å². The van der Waals surface area contributed by atoms with Gasteiger partial charge in [0.1, 0.15) is 6.04 Å². The van der Waals surface area contributed by atoms with Crippen LogP contribution in [-0.4, -0.2) is 33.2 Å². The van der Waals surface area contributed by atoms with Gasteiger partial charge in [0.25, 0.3) is 5.91 Å². The maximum absolute atomic E-state index is 11.5. The fourth-order valence-electron chi connectivity index (χ4n) is 1.03. The molecule has 0 bridgehead atoms. The molecule has 1 aromatic heterocycles. The highest BCUT2D eigenvalue weighted by Gasteiger charge is 2.19. The number of rotatable bonds is 3. The molecule has 1 heterocycles. The van der Waals surface area contributed by atoms with Crippen molar-refractivity contribution in [2.24, 2.45) is 0 Å². The summed E-state index contributed by atoms with van der Waals surface area (Å²) < 4.78 is 0. The number of H-pyrrole nitrogens is 1.